The van der Waals surface area contributed by atoms with E-state index in [9.17, 15) is 14.4 Å². The number of methoxy groups -OCH3 is 1. The van der Waals surface area contributed by atoms with Gasteiger partial charge in [-0.1, -0.05) is 12.1 Å². The molecule has 2 heterocycles. The SMILES string of the molecule is COC(=O)c1ccccc1N(C)C(=O)C1CN(C(=O)c2cnccn2)C1. The van der Waals surface area contributed by atoms with Gasteiger partial charge in [0.1, 0.15) is 5.69 Å². The minimum Gasteiger partial charge on any atom is -0.465 e. The normalized spacial score (nSPS) is 13.7. The zero-order chi connectivity index (χ0) is 18.7. The quantitative estimate of drug-likeness (QED) is 0.761. The number of hydrogen-bond acceptors (Lipinski definition) is 6. The molecule has 3 rings (SSSR count). The third kappa shape index (κ3) is 3.26. The lowest BCUT2D eigenvalue weighted by Gasteiger charge is -2.39. The van der Waals surface area contributed by atoms with Gasteiger partial charge in [-0.15, -0.1) is 0 Å². The monoisotopic (exact) mass is 354 g/mol. The minimum absolute atomic E-state index is 0.162. The first-order valence-corrected chi connectivity index (χ1v) is 8.03. The Morgan fingerprint density at radius 2 is 1.92 bits per heavy atom. The van der Waals surface area contributed by atoms with Gasteiger partial charge in [-0.3, -0.25) is 14.6 Å². The first-order chi connectivity index (χ1) is 12.5. The van der Waals surface area contributed by atoms with Crippen molar-refractivity contribution in [2.45, 2.75) is 0 Å². The predicted octanol–water partition coefficient (Wildman–Crippen LogP) is 0.998. The predicted molar refractivity (Wildman–Crippen MR) is 92.6 cm³/mol. The number of anilines is 1. The molecule has 8 heteroatoms. The third-order valence-corrected chi connectivity index (χ3v) is 4.30. The molecule has 1 aromatic heterocycles. The molecule has 2 aromatic rings. The Bertz CT molecular complexity index is 834. The van der Waals surface area contributed by atoms with E-state index in [1.807, 2.05) is 0 Å². The van der Waals surface area contributed by atoms with Crippen LogP contribution >= 0.6 is 0 Å². The highest BCUT2D eigenvalue weighted by Crippen LogP contribution is 2.25. The molecule has 1 aliphatic heterocycles. The Kier molecular flexibility index (Phi) is 4.92. The van der Waals surface area contributed by atoms with Gasteiger partial charge in [-0.25, -0.2) is 9.78 Å². The van der Waals surface area contributed by atoms with E-state index in [4.69, 9.17) is 4.74 Å². The highest BCUT2D eigenvalue weighted by Gasteiger charge is 2.38. The van der Waals surface area contributed by atoms with Crippen LogP contribution in [0.4, 0.5) is 5.69 Å². The first kappa shape index (κ1) is 17.5. The molecule has 0 spiro atoms. The number of nitrogens with zero attached hydrogens (tertiary/aromatic N) is 4. The summed E-state index contributed by atoms with van der Waals surface area (Å²) in [5.41, 5.74) is 1.04. The largest absolute Gasteiger partial charge is 0.465 e. The molecule has 0 N–H and O–H groups in total. The van der Waals surface area contributed by atoms with Crippen LogP contribution in [0.15, 0.2) is 42.9 Å². The maximum absolute atomic E-state index is 12.7. The Balaban J connectivity index is 1.67. The maximum atomic E-state index is 12.7. The second kappa shape index (κ2) is 7.30. The molecule has 2 amide bonds. The summed E-state index contributed by atoms with van der Waals surface area (Å²) in [4.78, 5) is 47.7. The lowest BCUT2D eigenvalue weighted by molar-refractivity contribution is -0.126. The summed E-state index contributed by atoms with van der Waals surface area (Å²) in [6.45, 7) is 0.609. The number of para-hydroxylation sites is 1. The first-order valence-electron chi connectivity index (χ1n) is 8.03. The summed E-state index contributed by atoms with van der Waals surface area (Å²) >= 11 is 0. The molecule has 1 fully saturated rings. The van der Waals surface area contributed by atoms with Gasteiger partial charge in [0.2, 0.25) is 5.91 Å². The van der Waals surface area contributed by atoms with Gasteiger partial charge in [0, 0.05) is 32.5 Å². The summed E-state index contributed by atoms with van der Waals surface area (Å²) in [7, 11) is 2.90. The topological polar surface area (TPSA) is 92.7 Å². The van der Waals surface area contributed by atoms with Crippen molar-refractivity contribution in [3.8, 4) is 0 Å². The van der Waals surface area contributed by atoms with E-state index in [0.717, 1.165) is 0 Å². The van der Waals surface area contributed by atoms with Gasteiger partial charge >= 0.3 is 5.97 Å². The van der Waals surface area contributed by atoms with E-state index in [0.29, 0.717) is 24.3 Å². The highest BCUT2D eigenvalue weighted by atomic mass is 16.5. The molecule has 0 bridgehead atoms. The average Bonchev–Trinajstić information content (AvgIpc) is 2.66. The average molecular weight is 354 g/mol. The molecular weight excluding hydrogens is 336 g/mol. The number of hydrogen-bond donors (Lipinski definition) is 0. The Morgan fingerprint density at radius 3 is 2.58 bits per heavy atom. The van der Waals surface area contributed by atoms with Crippen LogP contribution in [0.2, 0.25) is 0 Å². The van der Waals surface area contributed by atoms with Gasteiger partial charge in [0.05, 0.1) is 30.5 Å². The van der Waals surface area contributed by atoms with E-state index in [-0.39, 0.29) is 23.4 Å². The van der Waals surface area contributed by atoms with Crippen LogP contribution in [0.5, 0.6) is 0 Å². The molecule has 0 radical (unpaired) electrons. The van der Waals surface area contributed by atoms with Crippen LogP contribution < -0.4 is 4.90 Å². The Hall–Kier alpha value is -3.29. The van der Waals surface area contributed by atoms with Crippen LogP contribution in [0.3, 0.4) is 0 Å². The van der Waals surface area contributed by atoms with Crippen molar-refractivity contribution in [2.24, 2.45) is 5.92 Å². The smallest absolute Gasteiger partial charge is 0.339 e. The van der Waals surface area contributed by atoms with Crippen molar-refractivity contribution in [2.75, 3.05) is 32.1 Å². The molecule has 26 heavy (non-hydrogen) atoms. The zero-order valence-electron chi connectivity index (χ0n) is 14.5. The summed E-state index contributed by atoms with van der Waals surface area (Å²) in [5.74, 6) is -1.25. The lowest BCUT2D eigenvalue weighted by Crippen LogP contribution is -2.56. The number of likely N-dealkylation sites (tertiary alicyclic amines) is 1. The van der Waals surface area contributed by atoms with Crippen molar-refractivity contribution < 1.29 is 19.1 Å². The third-order valence-electron chi connectivity index (χ3n) is 4.30. The Labute approximate surface area is 150 Å². The van der Waals surface area contributed by atoms with E-state index >= 15 is 0 Å². The molecule has 1 saturated heterocycles. The van der Waals surface area contributed by atoms with Crippen molar-refractivity contribution in [3.05, 3.63) is 54.1 Å². The molecule has 0 unspecified atom stereocenters. The van der Waals surface area contributed by atoms with E-state index in [1.54, 1.807) is 36.2 Å². The number of esters is 1. The van der Waals surface area contributed by atoms with Gasteiger partial charge in [0.15, 0.2) is 0 Å². The number of ether oxygens (including phenoxy) is 1. The molecule has 8 nitrogen and oxygen atoms in total. The van der Waals surface area contributed by atoms with Gasteiger partial charge in [-0.05, 0) is 12.1 Å². The highest BCUT2D eigenvalue weighted by molar-refractivity contribution is 6.04. The number of benzene rings is 1. The molecule has 1 aromatic carbocycles. The number of amides is 2. The standard InChI is InChI=1S/C18H18N4O4/c1-21(15-6-4-3-5-13(15)18(25)26-2)16(23)12-10-22(11-12)17(24)14-9-19-7-8-20-14/h3-9,12H,10-11H2,1-2H3. The molecular formula is C18H18N4O4. The summed E-state index contributed by atoms with van der Waals surface area (Å²) in [6.07, 6.45) is 4.34. The molecule has 0 aliphatic carbocycles. The van der Waals surface area contributed by atoms with E-state index in [1.165, 1.54) is 30.6 Å². The van der Waals surface area contributed by atoms with Crippen molar-refractivity contribution >= 4 is 23.5 Å². The zero-order valence-corrected chi connectivity index (χ0v) is 14.5. The number of aromatic nitrogens is 2. The second-order valence-electron chi connectivity index (χ2n) is 5.90. The van der Waals surface area contributed by atoms with Gasteiger partial charge in [-0.2, -0.15) is 0 Å². The minimum atomic E-state index is -0.506. The Morgan fingerprint density at radius 1 is 1.19 bits per heavy atom. The second-order valence-corrected chi connectivity index (χ2v) is 5.90. The van der Waals surface area contributed by atoms with Crippen LogP contribution in [0, 0.1) is 5.92 Å². The van der Waals surface area contributed by atoms with E-state index < -0.39 is 5.97 Å². The van der Waals surface area contributed by atoms with Crippen LogP contribution in [-0.4, -0.2) is 59.9 Å². The lowest BCUT2D eigenvalue weighted by atomic mass is 9.97. The van der Waals surface area contributed by atoms with Crippen molar-refractivity contribution in [1.29, 1.82) is 0 Å². The molecule has 0 atom stereocenters. The molecule has 1 aliphatic rings. The van der Waals surface area contributed by atoms with Crippen LogP contribution in [-0.2, 0) is 9.53 Å². The number of carbonyl (C=O) groups excluding carboxylic acids is 3. The summed E-state index contributed by atoms with van der Waals surface area (Å²) in [5, 5.41) is 0. The fraction of sp³-hybridized carbons (Fsp3) is 0.278. The van der Waals surface area contributed by atoms with E-state index in [2.05, 4.69) is 9.97 Å². The van der Waals surface area contributed by atoms with Crippen LogP contribution in [0.1, 0.15) is 20.8 Å². The van der Waals surface area contributed by atoms with Gasteiger partial charge in [0.25, 0.3) is 5.91 Å². The van der Waals surface area contributed by atoms with Crippen LogP contribution in [0.25, 0.3) is 0 Å². The summed E-state index contributed by atoms with van der Waals surface area (Å²) < 4.78 is 4.76. The fourth-order valence-corrected chi connectivity index (χ4v) is 2.81. The van der Waals surface area contributed by atoms with Crippen molar-refractivity contribution in [3.63, 3.8) is 0 Å². The summed E-state index contributed by atoms with van der Waals surface area (Å²) in [6, 6.07) is 6.75. The fourth-order valence-electron chi connectivity index (χ4n) is 2.81. The van der Waals surface area contributed by atoms with Gasteiger partial charge < -0.3 is 14.5 Å². The number of rotatable bonds is 4. The molecule has 134 valence electrons. The van der Waals surface area contributed by atoms with Crippen molar-refractivity contribution in [1.82, 2.24) is 14.9 Å². The number of carbonyl (C=O) groups is 3. The molecule has 0 saturated carbocycles. The maximum Gasteiger partial charge on any atom is 0.339 e.